The van der Waals surface area contributed by atoms with Gasteiger partial charge in [0.05, 0.1) is 5.69 Å². The van der Waals surface area contributed by atoms with Gasteiger partial charge < -0.3 is 10.6 Å². The van der Waals surface area contributed by atoms with E-state index >= 15 is 0 Å². The molecule has 1 saturated carbocycles. The minimum atomic E-state index is 0.174. The highest BCUT2D eigenvalue weighted by Crippen LogP contribution is 2.38. The molecule has 0 saturated heterocycles. The Bertz CT molecular complexity index is 449. The SMILES string of the molecule is CC(C)CN(c1nc2c(s1)CCCC2N)C1CCCC1. The second-order valence-corrected chi connectivity index (χ2v) is 7.85. The van der Waals surface area contributed by atoms with Crippen LogP contribution in [0.5, 0.6) is 0 Å². The molecule has 2 N–H and O–H groups in total. The molecule has 0 aliphatic heterocycles. The van der Waals surface area contributed by atoms with Gasteiger partial charge in [0, 0.05) is 23.5 Å². The van der Waals surface area contributed by atoms with Crippen LogP contribution in [-0.2, 0) is 6.42 Å². The van der Waals surface area contributed by atoms with Crippen molar-refractivity contribution < 1.29 is 0 Å². The van der Waals surface area contributed by atoms with Crippen molar-refractivity contribution in [2.24, 2.45) is 11.7 Å². The number of anilines is 1. The Morgan fingerprint density at radius 2 is 2.00 bits per heavy atom. The first-order valence-electron chi connectivity index (χ1n) is 8.17. The highest BCUT2D eigenvalue weighted by molar-refractivity contribution is 7.15. The van der Waals surface area contributed by atoms with Crippen LogP contribution in [0.4, 0.5) is 5.13 Å². The minimum Gasteiger partial charge on any atom is -0.345 e. The summed E-state index contributed by atoms with van der Waals surface area (Å²) in [6.07, 6.45) is 8.94. The third-order valence-electron chi connectivity index (χ3n) is 4.56. The number of thiazole rings is 1. The van der Waals surface area contributed by atoms with Gasteiger partial charge in [-0.1, -0.05) is 26.7 Å². The van der Waals surface area contributed by atoms with E-state index < -0.39 is 0 Å². The second kappa shape index (κ2) is 6.02. The maximum absolute atomic E-state index is 6.24. The quantitative estimate of drug-likeness (QED) is 0.916. The van der Waals surface area contributed by atoms with E-state index in [1.54, 1.807) is 0 Å². The zero-order valence-electron chi connectivity index (χ0n) is 12.8. The lowest BCUT2D eigenvalue weighted by Gasteiger charge is -2.30. The molecule has 1 heterocycles. The molecule has 112 valence electrons. The van der Waals surface area contributed by atoms with Crippen molar-refractivity contribution in [1.29, 1.82) is 0 Å². The van der Waals surface area contributed by atoms with Crippen molar-refractivity contribution in [3.05, 3.63) is 10.6 Å². The molecule has 0 amide bonds. The number of aromatic nitrogens is 1. The van der Waals surface area contributed by atoms with Gasteiger partial charge in [0.15, 0.2) is 5.13 Å². The molecule has 1 fully saturated rings. The highest BCUT2D eigenvalue weighted by Gasteiger charge is 2.29. The van der Waals surface area contributed by atoms with Crippen LogP contribution in [0, 0.1) is 5.92 Å². The second-order valence-electron chi connectivity index (χ2n) is 6.79. The Morgan fingerprint density at radius 3 is 2.65 bits per heavy atom. The van der Waals surface area contributed by atoms with Gasteiger partial charge in [-0.2, -0.15) is 0 Å². The van der Waals surface area contributed by atoms with Gasteiger partial charge in [-0.15, -0.1) is 11.3 Å². The topological polar surface area (TPSA) is 42.2 Å². The van der Waals surface area contributed by atoms with Gasteiger partial charge in [-0.05, 0) is 38.0 Å². The van der Waals surface area contributed by atoms with Gasteiger partial charge in [-0.25, -0.2) is 4.98 Å². The van der Waals surface area contributed by atoms with E-state index in [1.165, 1.54) is 54.2 Å². The van der Waals surface area contributed by atoms with Gasteiger partial charge in [0.2, 0.25) is 0 Å². The van der Waals surface area contributed by atoms with E-state index in [0.717, 1.165) is 13.0 Å². The molecule has 0 radical (unpaired) electrons. The van der Waals surface area contributed by atoms with E-state index in [0.29, 0.717) is 12.0 Å². The number of nitrogens with zero attached hydrogens (tertiary/aromatic N) is 2. The Labute approximate surface area is 126 Å². The van der Waals surface area contributed by atoms with Crippen LogP contribution in [-0.4, -0.2) is 17.6 Å². The molecular formula is C16H27N3S. The van der Waals surface area contributed by atoms with Gasteiger partial charge in [-0.3, -0.25) is 0 Å². The predicted octanol–water partition coefficient (Wildman–Crippen LogP) is 3.88. The molecule has 3 nitrogen and oxygen atoms in total. The van der Waals surface area contributed by atoms with Crippen molar-refractivity contribution >= 4 is 16.5 Å². The first-order chi connectivity index (χ1) is 9.65. The maximum atomic E-state index is 6.24. The smallest absolute Gasteiger partial charge is 0.186 e. The van der Waals surface area contributed by atoms with Crippen molar-refractivity contribution in [3.63, 3.8) is 0 Å². The Balaban J connectivity index is 1.86. The summed E-state index contributed by atoms with van der Waals surface area (Å²) in [4.78, 5) is 8.99. The number of hydrogen-bond donors (Lipinski definition) is 1. The van der Waals surface area contributed by atoms with Gasteiger partial charge in [0.25, 0.3) is 0 Å². The van der Waals surface area contributed by atoms with Crippen LogP contribution >= 0.6 is 11.3 Å². The van der Waals surface area contributed by atoms with Crippen LogP contribution in [0.1, 0.15) is 69.0 Å². The molecule has 4 heteroatoms. The summed E-state index contributed by atoms with van der Waals surface area (Å²) in [6.45, 7) is 5.74. The van der Waals surface area contributed by atoms with Crippen LogP contribution in [0.15, 0.2) is 0 Å². The Hall–Kier alpha value is -0.610. The summed E-state index contributed by atoms with van der Waals surface area (Å²) < 4.78 is 0. The molecule has 0 aromatic carbocycles. The first kappa shape index (κ1) is 14.3. The average molecular weight is 293 g/mol. The number of aryl methyl sites for hydroxylation is 1. The lowest BCUT2D eigenvalue weighted by atomic mass is 9.99. The third-order valence-corrected chi connectivity index (χ3v) is 5.73. The van der Waals surface area contributed by atoms with E-state index in [2.05, 4.69) is 18.7 Å². The van der Waals surface area contributed by atoms with Crippen LogP contribution in [0.25, 0.3) is 0 Å². The third kappa shape index (κ3) is 2.86. The monoisotopic (exact) mass is 293 g/mol. The van der Waals surface area contributed by atoms with Crippen molar-refractivity contribution in [3.8, 4) is 0 Å². The molecule has 0 spiro atoms. The van der Waals surface area contributed by atoms with Crippen LogP contribution < -0.4 is 10.6 Å². The van der Waals surface area contributed by atoms with Crippen molar-refractivity contribution in [2.45, 2.75) is 70.9 Å². The van der Waals surface area contributed by atoms with E-state index in [-0.39, 0.29) is 6.04 Å². The zero-order valence-corrected chi connectivity index (χ0v) is 13.6. The highest BCUT2D eigenvalue weighted by atomic mass is 32.1. The molecule has 2 aliphatic rings. The number of nitrogens with two attached hydrogens (primary N) is 1. The van der Waals surface area contributed by atoms with E-state index in [9.17, 15) is 0 Å². The zero-order chi connectivity index (χ0) is 14.1. The number of hydrogen-bond acceptors (Lipinski definition) is 4. The summed E-state index contributed by atoms with van der Waals surface area (Å²) in [6, 6.07) is 0.884. The lowest BCUT2D eigenvalue weighted by Crippen LogP contribution is -2.36. The van der Waals surface area contributed by atoms with Crippen molar-refractivity contribution in [1.82, 2.24) is 4.98 Å². The van der Waals surface area contributed by atoms with Crippen LogP contribution in [0.3, 0.4) is 0 Å². The number of rotatable bonds is 4. The van der Waals surface area contributed by atoms with Crippen LogP contribution in [0.2, 0.25) is 0 Å². The van der Waals surface area contributed by atoms with E-state index in [4.69, 9.17) is 10.7 Å². The molecule has 20 heavy (non-hydrogen) atoms. The fourth-order valence-corrected chi connectivity index (χ4v) is 4.81. The fourth-order valence-electron chi connectivity index (χ4n) is 3.55. The summed E-state index contributed by atoms with van der Waals surface area (Å²) in [7, 11) is 0. The molecule has 3 rings (SSSR count). The molecule has 1 atom stereocenters. The maximum Gasteiger partial charge on any atom is 0.186 e. The summed E-state index contributed by atoms with van der Waals surface area (Å²) in [5, 5.41) is 1.24. The lowest BCUT2D eigenvalue weighted by molar-refractivity contribution is 0.530. The largest absolute Gasteiger partial charge is 0.345 e. The molecule has 1 aromatic rings. The van der Waals surface area contributed by atoms with E-state index in [1.807, 2.05) is 11.3 Å². The minimum absolute atomic E-state index is 0.174. The molecule has 1 unspecified atom stereocenters. The summed E-state index contributed by atoms with van der Waals surface area (Å²) in [5.41, 5.74) is 7.44. The molecule has 1 aromatic heterocycles. The molecule has 2 aliphatic carbocycles. The van der Waals surface area contributed by atoms with Gasteiger partial charge in [0.1, 0.15) is 0 Å². The van der Waals surface area contributed by atoms with Crippen molar-refractivity contribution in [2.75, 3.05) is 11.4 Å². The summed E-state index contributed by atoms with van der Waals surface area (Å²) in [5.74, 6) is 0.685. The van der Waals surface area contributed by atoms with Gasteiger partial charge >= 0.3 is 0 Å². The molecular weight excluding hydrogens is 266 g/mol. The number of fused-ring (bicyclic) bond motifs is 1. The standard InChI is InChI=1S/C16H27N3S/c1-11(2)10-19(12-6-3-4-7-12)16-18-15-13(17)8-5-9-14(15)20-16/h11-13H,3-10,17H2,1-2H3. The average Bonchev–Trinajstić information content (AvgIpc) is 3.05. The fraction of sp³-hybridized carbons (Fsp3) is 0.812. The first-order valence-corrected chi connectivity index (χ1v) is 8.98. The predicted molar refractivity (Wildman–Crippen MR) is 86.4 cm³/mol. The summed E-state index contributed by atoms with van der Waals surface area (Å²) >= 11 is 1.91. The Morgan fingerprint density at radius 1 is 1.25 bits per heavy atom. The normalized spacial score (nSPS) is 23.3. The Kier molecular flexibility index (Phi) is 4.32. The molecule has 0 bridgehead atoms.